The van der Waals surface area contributed by atoms with E-state index in [-0.39, 0.29) is 30.1 Å². The fraction of sp³-hybridized carbons (Fsp3) is 0.478. The van der Waals surface area contributed by atoms with Crippen molar-refractivity contribution in [2.75, 3.05) is 6.54 Å². The summed E-state index contributed by atoms with van der Waals surface area (Å²) in [6, 6.07) is 7.97. The smallest absolute Gasteiger partial charge is 0.353 e. The van der Waals surface area contributed by atoms with E-state index in [2.05, 4.69) is 0 Å². The number of hydrogen-bond acceptors (Lipinski definition) is 2. The predicted octanol–water partition coefficient (Wildman–Crippen LogP) is 4.48. The molecule has 0 N–H and O–H groups in total. The van der Waals surface area contributed by atoms with Crippen molar-refractivity contribution >= 4 is 11.8 Å². The first-order chi connectivity index (χ1) is 14.6. The van der Waals surface area contributed by atoms with Crippen molar-refractivity contribution in [3.8, 4) is 0 Å². The van der Waals surface area contributed by atoms with Crippen LogP contribution in [0.15, 0.2) is 42.6 Å². The maximum Gasteiger partial charge on any atom is 0.416 e. The Morgan fingerprint density at radius 1 is 1.16 bits per heavy atom. The second-order valence-electron chi connectivity index (χ2n) is 8.13. The third kappa shape index (κ3) is 5.48. The molecule has 1 heterocycles. The number of carbonyl (C=O) groups is 2. The molecule has 31 heavy (non-hydrogen) atoms. The number of hydrogen-bond donors (Lipinski definition) is 0. The van der Waals surface area contributed by atoms with Gasteiger partial charge in [0.1, 0.15) is 6.54 Å². The number of aryl methyl sites for hydroxylation is 1. The average molecular weight is 435 g/mol. The summed E-state index contributed by atoms with van der Waals surface area (Å²) in [5.41, 5.74) is 0.337. The molecule has 3 rings (SSSR count). The molecule has 1 aromatic carbocycles. The van der Waals surface area contributed by atoms with Crippen molar-refractivity contribution in [2.45, 2.75) is 57.9 Å². The molecule has 1 aliphatic carbocycles. The summed E-state index contributed by atoms with van der Waals surface area (Å²) in [5.74, 6) is -0.588. The van der Waals surface area contributed by atoms with Crippen molar-refractivity contribution in [3.05, 3.63) is 59.4 Å². The zero-order valence-corrected chi connectivity index (χ0v) is 18.0. The molecule has 2 aromatic rings. The van der Waals surface area contributed by atoms with Crippen LogP contribution in [0.1, 0.15) is 54.7 Å². The molecule has 2 amide bonds. The van der Waals surface area contributed by atoms with Crippen LogP contribution in [0.25, 0.3) is 0 Å². The fourth-order valence-electron chi connectivity index (χ4n) is 3.49. The Morgan fingerprint density at radius 2 is 1.81 bits per heavy atom. The zero-order valence-electron chi connectivity index (χ0n) is 18.0. The normalized spacial score (nSPS) is 14.9. The van der Waals surface area contributed by atoms with Crippen LogP contribution in [0.5, 0.6) is 0 Å². The van der Waals surface area contributed by atoms with Gasteiger partial charge in [0.15, 0.2) is 0 Å². The van der Waals surface area contributed by atoms with Gasteiger partial charge in [-0.3, -0.25) is 9.59 Å². The van der Waals surface area contributed by atoms with Gasteiger partial charge in [-0.25, -0.2) is 0 Å². The highest BCUT2D eigenvalue weighted by Crippen LogP contribution is 2.30. The molecule has 0 bridgehead atoms. The van der Waals surface area contributed by atoms with Gasteiger partial charge in [0, 0.05) is 36.6 Å². The van der Waals surface area contributed by atoms with E-state index >= 15 is 0 Å². The summed E-state index contributed by atoms with van der Waals surface area (Å²) in [5, 5.41) is 0. The van der Waals surface area contributed by atoms with Gasteiger partial charge in [0.2, 0.25) is 5.91 Å². The SMILES string of the molecule is CCC(C)N(CC(=O)N(Cc1cccn1C)C1CC1)C(=O)c1ccc(C(F)(F)F)cc1. The Balaban J connectivity index is 1.77. The van der Waals surface area contributed by atoms with Gasteiger partial charge in [0.05, 0.1) is 12.1 Å². The summed E-state index contributed by atoms with van der Waals surface area (Å²) >= 11 is 0. The van der Waals surface area contributed by atoms with Gasteiger partial charge < -0.3 is 14.4 Å². The molecule has 8 heteroatoms. The molecule has 1 saturated carbocycles. The molecule has 1 atom stereocenters. The van der Waals surface area contributed by atoms with E-state index in [0.29, 0.717) is 13.0 Å². The van der Waals surface area contributed by atoms with Gasteiger partial charge in [-0.15, -0.1) is 0 Å². The van der Waals surface area contributed by atoms with E-state index in [1.807, 2.05) is 48.7 Å². The number of nitrogens with zero attached hydrogens (tertiary/aromatic N) is 3. The Kier molecular flexibility index (Phi) is 6.77. The second kappa shape index (κ2) is 9.16. The van der Waals surface area contributed by atoms with Gasteiger partial charge in [-0.2, -0.15) is 13.2 Å². The van der Waals surface area contributed by atoms with E-state index in [1.165, 1.54) is 17.0 Å². The largest absolute Gasteiger partial charge is 0.416 e. The minimum atomic E-state index is -4.46. The standard InChI is InChI=1S/C23H28F3N3O2/c1-4-16(2)28(22(31)17-7-9-18(10-8-17)23(24,25)26)15-21(30)29(19-11-12-19)14-20-6-5-13-27(20)3/h5-10,13,16,19H,4,11-12,14-15H2,1-3H3. The van der Waals surface area contributed by atoms with Crippen molar-refractivity contribution < 1.29 is 22.8 Å². The lowest BCUT2D eigenvalue weighted by Gasteiger charge is -2.31. The fourth-order valence-corrected chi connectivity index (χ4v) is 3.49. The lowest BCUT2D eigenvalue weighted by Crippen LogP contribution is -2.47. The molecule has 0 saturated heterocycles. The highest BCUT2D eigenvalue weighted by Gasteiger charge is 2.35. The topological polar surface area (TPSA) is 45.6 Å². The highest BCUT2D eigenvalue weighted by molar-refractivity contribution is 5.96. The Labute approximate surface area is 180 Å². The highest BCUT2D eigenvalue weighted by atomic mass is 19.4. The molecular formula is C23H28F3N3O2. The summed E-state index contributed by atoms with van der Waals surface area (Å²) in [6.45, 7) is 4.12. The van der Waals surface area contributed by atoms with E-state index in [9.17, 15) is 22.8 Å². The van der Waals surface area contributed by atoms with Crippen LogP contribution in [0, 0.1) is 0 Å². The molecule has 1 unspecified atom stereocenters. The van der Waals surface area contributed by atoms with E-state index in [0.717, 1.165) is 30.7 Å². The molecular weight excluding hydrogens is 407 g/mol. The number of benzene rings is 1. The van der Waals surface area contributed by atoms with Crippen molar-refractivity contribution in [1.82, 2.24) is 14.4 Å². The molecule has 0 spiro atoms. The summed E-state index contributed by atoms with van der Waals surface area (Å²) in [6.07, 6.45) is -0.0419. The molecule has 1 aliphatic rings. The molecule has 1 aromatic heterocycles. The number of carbonyl (C=O) groups excluding carboxylic acids is 2. The number of halogens is 3. The van der Waals surface area contributed by atoms with E-state index in [1.54, 1.807) is 0 Å². The minimum Gasteiger partial charge on any atom is -0.353 e. The first-order valence-electron chi connectivity index (χ1n) is 10.5. The van der Waals surface area contributed by atoms with Crippen molar-refractivity contribution in [3.63, 3.8) is 0 Å². The van der Waals surface area contributed by atoms with Gasteiger partial charge in [-0.05, 0) is 62.6 Å². The third-order valence-electron chi connectivity index (χ3n) is 5.84. The molecule has 5 nitrogen and oxygen atoms in total. The van der Waals surface area contributed by atoms with Crippen LogP contribution in [0.4, 0.5) is 13.2 Å². The van der Waals surface area contributed by atoms with Crippen LogP contribution >= 0.6 is 0 Å². The van der Waals surface area contributed by atoms with Gasteiger partial charge >= 0.3 is 6.18 Å². The number of rotatable bonds is 8. The van der Waals surface area contributed by atoms with Gasteiger partial charge in [0.25, 0.3) is 5.91 Å². The van der Waals surface area contributed by atoms with Crippen LogP contribution in [-0.2, 0) is 24.6 Å². The zero-order chi connectivity index (χ0) is 22.8. The quantitative estimate of drug-likeness (QED) is 0.614. The summed E-state index contributed by atoms with van der Waals surface area (Å²) in [4.78, 5) is 29.6. The average Bonchev–Trinajstić information content (AvgIpc) is 3.50. The van der Waals surface area contributed by atoms with Gasteiger partial charge in [-0.1, -0.05) is 6.92 Å². The lowest BCUT2D eigenvalue weighted by atomic mass is 10.1. The second-order valence-corrected chi connectivity index (χ2v) is 8.13. The third-order valence-corrected chi connectivity index (χ3v) is 5.84. The van der Waals surface area contributed by atoms with Crippen molar-refractivity contribution in [2.24, 2.45) is 7.05 Å². The minimum absolute atomic E-state index is 0.101. The maximum atomic E-state index is 13.2. The van der Waals surface area contributed by atoms with Crippen LogP contribution in [0.2, 0.25) is 0 Å². The van der Waals surface area contributed by atoms with Crippen molar-refractivity contribution in [1.29, 1.82) is 0 Å². The number of amides is 2. The molecule has 168 valence electrons. The molecule has 0 aliphatic heterocycles. The van der Waals surface area contributed by atoms with Crippen LogP contribution in [-0.4, -0.2) is 44.8 Å². The summed E-state index contributed by atoms with van der Waals surface area (Å²) < 4.78 is 40.5. The molecule has 0 radical (unpaired) electrons. The molecule has 1 fully saturated rings. The first-order valence-corrected chi connectivity index (χ1v) is 10.5. The number of alkyl halides is 3. The van der Waals surface area contributed by atoms with Crippen LogP contribution in [0.3, 0.4) is 0 Å². The Hall–Kier alpha value is -2.77. The Bertz CT molecular complexity index is 917. The predicted molar refractivity (Wildman–Crippen MR) is 111 cm³/mol. The maximum absolute atomic E-state index is 13.2. The van der Waals surface area contributed by atoms with E-state index < -0.39 is 17.6 Å². The monoisotopic (exact) mass is 435 g/mol. The van der Waals surface area contributed by atoms with E-state index in [4.69, 9.17) is 0 Å². The summed E-state index contributed by atoms with van der Waals surface area (Å²) in [7, 11) is 1.92. The first kappa shape index (κ1) is 22.9. The lowest BCUT2D eigenvalue weighted by molar-refractivity contribution is -0.137. The van der Waals surface area contributed by atoms with Crippen LogP contribution < -0.4 is 0 Å². The number of aromatic nitrogens is 1. The Morgan fingerprint density at radius 3 is 2.29 bits per heavy atom.